The molecular formula is C18H20ClNO3S. The summed E-state index contributed by atoms with van der Waals surface area (Å²) in [4.78, 5) is 0.243. The van der Waals surface area contributed by atoms with Crippen LogP contribution in [0.3, 0.4) is 0 Å². The number of sulfonamides is 1. The van der Waals surface area contributed by atoms with Gasteiger partial charge in [0.1, 0.15) is 0 Å². The van der Waals surface area contributed by atoms with Crippen LogP contribution < -0.4 is 0 Å². The molecule has 0 saturated carbocycles. The summed E-state index contributed by atoms with van der Waals surface area (Å²) in [6.07, 6.45) is 3.16. The van der Waals surface area contributed by atoms with E-state index in [1.54, 1.807) is 48.5 Å². The van der Waals surface area contributed by atoms with E-state index in [0.717, 1.165) is 11.1 Å². The van der Waals surface area contributed by atoms with Crippen LogP contribution >= 0.6 is 11.6 Å². The van der Waals surface area contributed by atoms with Gasteiger partial charge in [-0.05, 0) is 36.8 Å². The van der Waals surface area contributed by atoms with Crippen LogP contribution in [-0.2, 0) is 16.6 Å². The zero-order valence-corrected chi connectivity index (χ0v) is 15.0. The molecular weight excluding hydrogens is 346 g/mol. The normalized spacial score (nSPS) is 12.2. The Bertz CT molecular complexity index is 801. The lowest BCUT2D eigenvalue weighted by Crippen LogP contribution is -2.31. The molecule has 24 heavy (non-hydrogen) atoms. The van der Waals surface area contributed by atoms with Gasteiger partial charge in [0.15, 0.2) is 0 Å². The molecule has 2 rings (SSSR count). The van der Waals surface area contributed by atoms with Gasteiger partial charge in [-0.1, -0.05) is 53.6 Å². The maximum atomic E-state index is 12.9. The van der Waals surface area contributed by atoms with Crippen LogP contribution in [0.1, 0.15) is 11.1 Å². The molecule has 2 aromatic carbocycles. The summed E-state index contributed by atoms with van der Waals surface area (Å²) in [5.41, 5.74) is 1.80. The topological polar surface area (TPSA) is 57.6 Å². The van der Waals surface area contributed by atoms with Crippen molar-refractivity contribution in [1.29, 1.82) is 0 Å². The van der Waals surface area contributed by atoms with Gasteiger partial charge in [-0.2, -0.15) is 4.31 Å². The number of aliphatic hydroxyl groups excluding tert-OH is 1. The number of benzene rings is 2. The molecule has 0 saturated heterocycles. The fourth-order valence-electron chi connectivity index (χ4n) is 2.21. The third-order valence-corrected chi connectivity index (χ3v) is 5.55. The van der Waals surface area contributed by atoms with Crippen molar-refractivity contribution in [2.45, 2.75) is 18.4 Å². The molecule has 128 valence electrons. The Labute approximate surface area is 148 Å². The smallest absolute Gasteiger partial charge is 0.243 e. The Morgan fingerprint density at radius 2 is 1.83 bits per heavy atom. The van der Waals surface area contributed by atoms with Gasteiger partial charge in [0.2, 0.25) is 10.0 Å². The molecule has 2 aromatic rings. The van der Waals surface area contributed by atoms with Crippen molar-refractivity contribution in [3.8, 4) is 0 Å². The SMILES string of the molecule is Cc1ccc(S(=O)(=O)N(C/C=C\CO)Cc2cccc(Cl)c2)cc1. The molecule has 1 N–H and O–H groups in total. The quantitative estimate of drug-likeness (QED) is 0.765. The van der Waals surface area contributed by atoms with E-state index in [0.29, 0.717) is 5.02 Å². The summed E-state index contributed by atoms with van der Waals surface area (Å²) >= 11 is 5.99. The summed E-state index contributed by atoms with van der Waals surface area (Å²) in [7, 11) is -3.65. The van der Waals surface area contributed by atoms with Gasteiger partial charge >= 0.3 is 0 Å². The molecule has 0 aliphatic carbocycles. The number of rotatable bonds is 7. The Kier molecular flexibility index (Phi) is 6.57. The third kappa shape index (κ3) is 4.92. The minimum Gasteiger partial charge on any atom is -0.392 e. The lowest BCUT2D eigenvalue weighted by molar-refractivity contribution is 0.341. The highest BCUT2D eigenvalue weighted by Crippen LogP contribution is 2.20. The van der Waals surface area contributed by atoms with Crippen molar-refractivity contribution in [2.75, 3.05) is 13.2 Å². The number of aryl methyl sites for hydroxylation is 1. The van der Waals surface area contributed by atoms with Gasteiger partial charge < -0.3 is 5.11 Å². The first-order valence-electron chi connectivity index (χ1n) is 7.50. The molecule has 0 amide bonds. The van der Waals surface area contributed by atoms with Crippen LogP contribution in [0.25, 0.3) is 0 Å². The lowest BCUT2D eigenvalue weighted by atomic mass is 10.2. The minimum atomic E-state index is -3.65. The third-order valence-electron chi connectivity index (χ3n) is 3.49. The fourth-order valence-corrected chi connectivity index (χ4v) is 3.80. The van der Waals surface area contributed by atoms with Gasteiger partial charge in [0.05, 0.1) is 11.5 Å². The fraction of sp³-hybridized carbons (Fsp3) is 0.222. The second kappa shape index (κ2) is 8.44. The number of aliphatic hydroxyl groups is 1. The minimum absolute atomic E-state index is 0.129. The summed E-state index contributed by atoms with van der Waals surface area (Å²) in [6.45, 7) is 2.15. The monoisotopic (exact) mass is 365 g/mol. The van der Waals surface area contributed by atoms with Crippen molar-refractivity contribution in [2.24, 2.45) is 0 Å². The molecule has 0 heterocycles. The molecule has 0 aromatic heterocycles. The highest BCUT2D eigenvalue weighted by Gasteiger charge is 2.23. The first-order chi connectivity index (χ1) is 11.4. The number of hydrogen-bond acceptors (Lipinski definition) is 3. The Morgan fingerprint density at radius 1 is 1.12 bits per heavy atom. The molecule has 0 radical (unpaired) electrons. The van der Waals surface area contributed by atoms with Crippen LogP contribution in [0.15, 0.2) is 65.6 Å². The highest BCUT2D eigenvalue weighted by molar-refractivity contribution is 7.89. The van der Waals surface area contributed by atoms with Gasteiger partial charge in [0.25, 0.3) is 0 Å². The Hall–Kier alpha value is -1.66. The highest BCUT2D eigenvalue weighted by atomic mass is 35.5. The van der Waals surface area contributed by atoms with E-state index in [9.17, 15) is 8.42 Å². The molecule has 0 unspecified atom stereocenters. The maximum absolute atomic E-state index is 12.9. The van der Waals surface area contributed by atoms with Gasteiger partial charge in [-0.25, -0.2) is 8.42 Å². The molecule has 0 spiro atoms. The van der Waals surface area contributed by atoms with E-state index in [2.05, 4.69) is 0 Å². The van der Waals surface area contributed by atoms with E-state index in [1.165, 1.54) is 10.4 Å². The average Bonchev–Trinajstić information content (AvgIpc) is 2.54. The van der Waals surface area contributed by atoms with Crippen molar-refractivity contribution < 1.29 is 13.5 Å². The maximum Gasteiger partial charge on any atom is 0.243 e. The second-order valence-electron chi connectivity index (χ2n) is 5.39. The van der Waals surface area contributed by atoms with Crippen LogP contribution in [0, 0.1) is 6.92 Å². The largest absolute Gasteiger partial charge is 0.392 e. The van der Waals surface area contributed by atoms with Crippen molar-refractivity contribution in [3.05, 3.63) is 76.8 Å². The number of halogens is 1. The van der Waals surface area contributed by atoms with Gasteiger partial charge in [-0.15, -0.1) is 0 Å². The second-order valence-corrected chi connectivity index (χ2v) is 7.77. The summed E-state index contributed by atoms with van der Waals surface area (Å²) in [6, 6.07) is 13.9. The Morgan fingerprint density at radius 3 is 2.46 bits per heavy atom. The van der Waals surface area contributed by atoms with Gasteiger partial charge in [-0.3, -0.25) is 0 Å². The van der Waals surface area contributed by atoms with Crippen LogP contribution in [-0.4, -0.2) is 31.0 Å². The predicted molar refractivity (Wildman–Crippen MR) is 96.5 cm³/mol. The first kappa shape index (κ1) is 18.7. The summed E-state index contributed by atoms with van der Waals surface area (Å²) in [5, 5.41) is 9.44. The molecule has 0 aliphatic rings. The number of hydrogen-bond donors (Lipinski definition) is 1. The van der Waals surface area contributed by atoms with Crippen molar-refractivity contribution >= 4 is 21.6 Å². The van der Waals surface area contributed by atoms with Gasteiger partial charge in [0, 0.05) is 18.1 Å². The van der Waals surface area contributed by atoms with E-state index >= 15 is 0 Å². The van der Waals surface area contributed by atoms with Crippen LogP contribution in [0.4, 0.5) is 0 Å². The molecule has 0 atom stereocenters. The lowest BCUT2D eigenvalue weighted by Gasteiger charge is -2.21. The van der Waals surface area contributed by atoms with Crippen molar-refractivity contribution in [3.63, 3.8) is 0 Å². The number of nitrogens with zero attached hydrogens (tertiary/aromatic N) is 1. The Balaban J connectivity index is 2.33. The van der Waals surface area contributed by atoms with E-state index in [4.69, 9.17) is 16.7 Å². The zero-order chi connectivity index (χ0) is 17.6. The molecule has 6 heteroatoms. The molecule has 0 fully saturated rings. The molecule has 0 aliphatic heterocycles. The molecule has 0 bridgehead atoms. The summed E-state index contributed by atoms with van der Waals surface area (Å²) < 4.78 is 27.2. The van der Waals surface area contributed by atoms with E-state index in [-0.39, 0.29) is 24.6 Å². The standard InChI is InChI=1S/C18H20ClNO3S/c1-15-7-9-18(10-8-15)24(22,23)20(11-2-3-12-21)14-16-5-4-6-17(19)13-16/h2-10,13,21H,11-12,14H2,1H3/b3-2-. The zero-order valence-electron chi connectivity index (χ0n) is 13.4. The van der Waals surface area contributed by atoms with Crippen LogP contribution in [0.2, 0.25) is 5.02 Å². The predicted octanol–water partition coefficient (Wildman–Crippen LogP) is 3.39. The van der Waals surface area contributed by atoms with Crippen molar-refractivity contribution in [1.82, 2.24) is 4.31 Å². The van der Waals surface area contributed by atoms with E-state index in [1.807, 2.05) is 13.0 Å². The van der Waals surface area contributed by atoms with E-state index < -0.39 is 10.0 Å². The average molecular weight is 366 g/mol. The summed E-state index contributed by atoms with van der Waals surface area (Å²) in [5.74, 6) is 0. The van der Waals surface area contributed by atoms with Crippen LogP contribution in [0.5, 0.6) is 0 Å². The first-order valence-corrected chi connectivity index (χ1v) is 9.32. The molecule has 4 nitrogen and oxygen atoms in total.